The standard InChI is InChI=1S/C6H12OS/c1-5-3-6(2,7)4-8-5/h5,7H,3-4H2,1-2H3. The van der Waals surface area contributed by atoms with Crippen LogP contribution in [0.5, 0.6) is 0 Å². The summed E-state index contributed by atoms with van der Waals surface area (Å²) in [5.74, 6) is 0.911. The van der Waals surface area contributed by atoms with E-state index in [0.717, 1.165) is 12.2 Å². The van der Waals surface area contributed by atoms with Crippen molar-refractivity contribution in [1.29, 1.82) is 0 Å². The Morgan fingerprint density at radius 3 is 2.50 bits per heavy atom. The van der Waals surface area contributed by atoms with Gasteiger partial charge in [0.25, 0.3) is 0 Å². The van der Waals surface area contributed by atoms with Crippen LogP contribution in [0, 0.1) is 0 Å². The van der Waals surface area contributed by atoms with E-state index in [9.17, 15) is 5.11 Å². The van der Waals surface area contributed by atoms with Crippen molar-refractivity contribution < 1.29 is 5.11 Å². The minimum absolute atomic E-state index is 0.371. The first-order valence-corrected chi connectivity index (χ1v) is 3.99. The highest BCUT2D eigenvalue weighted by Crippen LogP contribution is 2.33. The first-order chi connectivity index (χ1) is 3.60. The Balaban J connectivity index is 2.44. The first kappa shape index (κ1) is 6.43. The van der Waals surface area contributed by atoms with E-state index >= 15 is 0 Å². The van der Waals surface area contributed by atoms with Crippen molar-refractivity contribution >= 4 is 11.8 Å². The molecule has 8 heavy (non-hydrogen) atoms. The lowest BCUT2D eigenvalue weighted by Crippen LogP contribution is -2.22. The summed E-state index contributed by atoms with van der Waals surface area (Å²) in [6.45, 7) is 4.07. The van der Waals surface area contributed by atoms with Crippen LogP contribution in [0.2, 0.25) is 0 Å². The third-order valence-electron chi connectivity index (χ3n) is 1.41. The Bertz CT molecular complexity index is 90.5. The van der Waals surface area contributed by atoms with Gasteiger partial charge in [0, 0.05) is 11.0 Å². The van der Waals surface area contributed by atoms with Crippen LogP contribution >= 0.6 is 11.8 Å². The molecule has 0 spiro atoms. The van der Waals surface area contributed by atoms with Gasteiger partial charge in [0.1, 0.15) is 0 Å². The minimum atomic E-state index is -0.371. The number of hydrogen-bond acceptors (Lipinski definition) is 2. The van der Waals surface area contributed by atoms with E-state index in [1.54, 1.807) is 0 Å². The molecule has 0 aromatic heterocycles. The smallest absolute Gasteiger partial charge is 0.0720 e. The van der Waals surface area contributed by atoms with Gasteiger partial charge < -0.3 is 5.11 Å². The zero-order valence-electron chi connectivity index (χ0n) is 5.35. The zero-order valence-corrected chi connectivity index (χ0v) is 6.16. The fourth-order valence-corrected chi connectivity index (χ4v) is 2.30. The molecule has 0 amide bonds. The molecule has 1 nitrogen and oxygen atoms in total. The van der Waals surface area contributed by atoms with Crippen LogP contribution < -0.4 is 0 Å². The summed E-state index contributed by atoms with van der Waals surface area (Å²) in [5, 5.41) is 10.0. The molecule has 48 valence electrons. The second-order valence-corrected chi connectivity index (χ2v) is 4.25. The molecule has 2 atom stereocenters. The van der Waals surface area contributed by atoms with E-state index in [1.807, 2.05) is 18.7 Å². The maximum absolute atomic E-state index is 9.34. The minimum Gasteiger partial charge on any atom is -0.389 e. The quantitative estimate of drug-likeness (QED) is 0.535. The van der Waals surface area contributed by atoms with Crippen molar-refractivity contribution in [1.82, 2.24) is 0 Å². The van der Waals surface area contributed by atoms with Gasteiger partial charge >= 0.3 is 0 Å². The lowest BCUT2D eigenvalue weighted by molar-refractivity contribution is 0.0843. The predicted molar refractivity (Wildman–Crippen MR) is 37.2 cm³/mol. The van der Waals surface area contributed by atoms with Gasteiger partial charge in [-0.3, -0.25) is 0 Å². The number of aliphatic hydroxyl groups is 1. The summed E-state index contributed by atoms with van der Waals surface area (Å²) in [6, 6.07) is 0. The molecule has 1 rings (SSSR count). The molecular weight excluding hydrogens is 120 g/mol. The molecule has 0 saturated carbocycles. The summed E-state index contributed by atoms with van der Waals surface area (Å²) in [6.07, 6.45) is 0.956. The Morgan fingerprint density at radius 2 is 2.38 bits per heavy atom. The summed E-state index contributed by atoms with van der Waals surface area (Å²) in [5.41, 5.74) is -0.371. The van der Waals surface area contributed by atoms with Crippen LogP contribution in [0.3, 0.4) is 0 Å². The fourth-order valence-electron chi connectivity index (χ4n) is 1.06. The van der Waals surface area contributed by atoms with E-state index in [-0.39, 0.29) is 5.60 Å². The summed E-state index contributed by atoms with van der Waals surface area (Å²) < 4.78 is 0. The molecular formula is C6H12OS. The molecule has 1 aliphatic rings. The van der Waals surface area contributed by atoms with Gasteiger partial charge in [0.05, 0.1) is 5.60 Å². The molecule has 2 unspecified atom stereocenters. The molecule has 1 heterocycles. The van der Waals surface area contributed by atoms with E-state index in [0.29, 0.717) is 5.25 Å². The van der Waals surface area contributed by atoms with E-state index < -0.39 is 0 Å². The second kappa shape index (κ2) is 1.92. The van der Waals surface area contributed by atoms with E-state index in [2.05, 4.69) is 6.92 Å². The van der Waals surface area contributed by atoms with Gasteiger partial charge in [-0.1, -0.05) is 6.92 Å². The van der Waals surface area contributed by atoms with E-state index in [4.69, 9.17) is 0 Å². The van der Waals surface area contributed by atoms with Crippen molar-refractivity contribution in [2.45, 2.75) is 31.1 Å². The lowest BCUT2D eigenvalue weighted by Gasteiger charge is -2.12. The average Bonchev–Trinajstić information content (AvgIpc) is 1.82. The van der Waals surface area contributed by atoms with Crippen molar-refractivity contribution in [3.05, 3.63) is 0 Å². The monoisotopic (exact) mass is 132 g/mol. The number of thioether (sulfide) groups is 1. The Morgan fingerprint density at radius 1 is 1.75 bits per heavy atom. The normalized spacial score (nSPS) is 47.6. The van der Waals surface area contributed by atoms with Gasteiger partial charge in [0.2, 0.25) is 0 Å². The molecule has 0 aromatic carbocycles. The van der Waals surface area contributed by atoms with Gasteiger partial charge in [-0.25, -0.2) is 0 Å². The van der Waals surface area contributed by atoms with Crippen LogP contribution in [-0.2, 0) is 0 Å². The topological polar surface area (TPSA) is 20.2 Å². The molecule has 1 N–H and O–H groups in total. The maximum atomic E-state index is 9.34. The van der Waals surface area contributed by atoms with Crippen LogP contribution in [0.4, 0.5) is 0 Å². The van der Waals surface area contributed by atoms with Crippen molar-refractivity contribution in [3.8, 4) is 0 Å². The Labute approximate surface area is 54.5 Å². The molecule has 0 aliphatic carbocycles. The molecule has 0 radical (unpaired) electrons. The number of hydrogen-bond donors (Lipinski definition) is 1. The highest BCUT2D eigenvalue weighted by molar-refractivity contribution is 8.00. The molecule has 0 bridgehead atoms. The third-order valence-corrected chi connectivity index (χ3v) is 2.93. The van der Waals surface area contributed by atoms with Gasteiger partial charge in [-0.05, 0) is 13.3 Å². The van der Waals surface area contributed by atoms with Crippen molar-refractivity contribution in [3.63, 3.8) is 0 Å². The van der Waals surface area contributed by atoms with Crippen LogP contribution in [0.15, 0.2) is 0 Å². The molecule has 1 saturated heterocycles. The summed E-state index contributed by atoms with van der Waals surface area (Å²) >= 11 is 1.85. The van der Waals surface area contributed by atoms with Gasteiger partial charge in [-0.2, -0.15) is 11.8 Å². The van der Waals surface area contributed by atoms with Gasteiger partial charge in [-0.15, -0.1) is 0 Å². The molecule has 1 aliphatic heterocycles. The molecule has 2 heteroatoms. The summed E-state index contributed by atoms with van der Waals surface area (Å²) in [7, 11) is 0. The van der Waals surface area contributed by atoms with Crippen molar-refractivity contribution in [2.24, 2.45) is 0 Å². The lowest BCUT2D eigenvalue weighted by atomic mass is 10.0. The van der Waals surface area contributed by atoms with Gasteiger partial charge in [0.15, 0.2) is 0 Å². The highest BCUT2D eigenvalue weighted by Gasteiger charge is 2.30. The fraction of sp³-hybridized carbons (Fsp3) is 1.00. The SMILES string of the molecule is CC1CC(C)(O)CS1. The summed E-state index contributed by atoms with van der Waals surface area (Å²) in [4.78, 5) is 0. The maximum Gasteiger partial charge on any atom is 0.0720 e. The van der Waals surface area contributed by atoms with Crippen molar-refractivity contribution in [2.75, 3.05) is 5.75 Å². The van der Waals surface area contributed by atoms with Crippen LogP contribution in [0.25, 0.3) is 0 Å². The Kier molecular flexibility index (Phi) is 1.54. The number of rotatable bonds is 0. The average molecular weight is 132 g/mol. The first-order valence-electron chi connectivity index (χ1n) is 2.94. The molecule has 0 aromatic rings. The van der Waals surface area contributed by atoms with Crippen LogP contribution in [0.1, 0.15) is 20.3 Å². The largest absolute Gasteiger partial charge is 0.389 e. The Hall–Kier alpha value is 0.310. The van der Waals surface area contributed by atoms with Crippen LogP contribution in [-0.4, -0.2) is 21.7 Å². The zero-order chi connectivity index (χ0) is 6.20. The third kappa shape index (κ3) is 1.39. The second-order valence-electron chi connectivity index (χ2n) is 2.82. The predicted octanol–water partition coefficient (Wildman–Crippen LogP) is 1.26. The van der Waals surface area contributed by atoms with E-state index in [1.165, 1.54) is 0 Å². The highest BCUT2D eigenvalue weighted by atomic mass is 32.2. The molecule has 1 fully saturated rings.